The van der Waals surface area contributed by atoms with Gasteiger partial charge < -0.3 is 5.43 Å². The molecule has 9 heteroatoms. The maximum atomic E-state index is 10.8. The minimum atomic E-state index is -0.610. The molecule has 0 unspecified atom stereocenters. The van der Waals surface area contributed by atoms with E-state index in [0.29, 0.717) is 0 Å². The summed E-state index contributed by atoms with van der Waals surface area (Å²) in [4.78, 5) is 17.5. The fourth-order valence-corrected chi connectivity index (χ4v) is 0.951. The van der Waals surface area contributed by atoms with Crippen LogP contribution in [-0.4, -0.2) is 34.0 Å². The van der Waals surface area contributed by atoms with Crippen LogP contribution < -0.4 is 16.7 Å². The molecule has 0 atom stereocenters. The van der Waals surface area contributed by atoms with Crippen LogP contribution in [0.4, 0.5) is 17.3 Å². The largest absolute Gasteiger partial charge is 0.355 e. The molecule has 15 heavy (non-hydrogen) atoms. The van der Waals surface area contributed by atoms with Crippen LogP contribution in [0.25, 0.3) is 0 Å². The number of nitrogen functional groups attached to an aromatic ring is 1. The van der Waals surface area contributed by atoms with Crippen LogP contribution in [-0.2, 0) is 0 Å². The number of anilines is 2. The van der Waals surface area contributed by atoms with Crippen molar-refractivity contribution in [2.45, 2.75) is 0 Å². The maximum Gasteiger partial charge on any atom is 0.355 e. The van der Waals surface area contributed by atoms with E-state index in [2.05, 4.69) is 20.8 Å². The van der Waals surface area contributed by atoms with E-state index in [9.17, 15) is 10.1 Å². The molecule has 0 aliphatic carbocycles. The van der Waals surface area contributed by atoms with Gasteiger partial charge in [0.2, 0.25) is 11.6 Å². The lowest BCUT2D eigenvalue weighted by Gasteiger charge is -2.12. The Morgan fingerprint density at radius 3 is 2.53 bits per heavy atom. The molecule has 1 heterocycles. The minimum Gasteiger partial charge on any atom is -0.303 e. The summed E-state index contributed by atoms with van der Waals surface area (Å²) in [5.41, 5.74) is 4.52. The van der Waals surface area contributed by atoms with Gasteiger partial charge in [0.1, 0.15) is 6.33 Å². The van der Waals surface area contributed by atoms with Crippen molar-refractivity contribution < 1.29 is 4.92 Å². The van der Waals surface area contributed by atoms with Crippen molar-refractivity contribution in [3.8, 4) is 0 Å². The van der Waals surface area contributed by atoms with Gasteiger partial charge in [0.05, 0.1) is 4.92 Å². The second-order valence-electron chi connectivity index (χ2n) is 2.83. The van der Waals surface area contributed by atoms with Crippen molar-refractivity contribution in [1.29, 1.82) is 0 Å². The molecule has 0 aliphatic rings. The third kappa shape index (κ3) is 2.48. The number of hydrazine groups is 2. The summed E-state index contributed by atoms with van der Waals surface area (Å²) in [5, 5.41) is 12.3. The van der Waals surface area contributed by atoms with Crippen molar-refractivity contribution in [3.63, 3.8) is 0 Å². The zero-order valence-electron chi connectivity index (χ0n) is 8.26. The standard InChI is InChI=1S/C6H11N7O2/c1-12(2)11-6-4(13(14)15)5(10-7)8-3-9-6/h3H,7H2,1-2H3,(H2,8,9,10,11). The van der Waals surface area contributed by atoms with E-state index in [0.717, 1.165) is 0 Å². The number of hydrogen-bond acceptors (Lipinski definition) is 8. The van der Waals surface area contributed by atoms with Gasteiger partial charge in [0.25, 0.3) is 0 Å². The summed E-state index contributed by atoms with van der Waals surface area (Å²) in [5.74, 6) is 5.14. The van der Waals surface area contributed by atoms with Gasteiger partial charge in [-0.2, -0.15) is 0 Å². The van der Waals surface area contributed by atoms with E-state index in [4.69, 9.17) is 5.84 Å². The number of hydrogen-bond donors (Lipinski definition) is 3. The summed E-state index contributed by atoms with van der Waals surface area (Å²) in [6.07, 6.45) is 1.17. The van der Waals surface area contributed by atoms with Gasteiger partial charge >= 0.3 is 5.69 Å². The molecule has 0 spiro atoms. The zero-order valence-corrected chi connectivity index (χ0v) is 8.26. The molecule has 82 valence electrons. The SMILES string of the molecule is CN(C)Nc1ncnc(NN)c1[N+](=O)[O-]. The Morgan fingerprint density at radius 1 is 1.47 bits per heavy atom. The van der Waals surface area contributed by atoms with Crippen molar-refractivity contribution in [2.75, 3.05) is 24.9 Å². The molecule has 1 aromatic rings. The molecule has 1 aromatic heterocycles. The summed E-state index contributed by atoms with van der Waals surface area (Å²) < 4.78 is 0. The van der Waals surface area contributed by atoms with Gasteiger partial charge in [-0.25, -0.2) is 20.8 Å². The smallest absolute Gasteiger partial charge is 0.303 e. The fourth-order valence-electron chi connectivity index (χ4n) is 0.951. The summed E-state index contributed by atoms with van der Waals surface area (Å²) in [7, 11) is 3.36. The van der Waals surface area contributed by atoms with E-state index >= 15 is 0 Å². The zero-order chi connectivity index (χ0) is 11.4. The molecule has 0 radical (unpaired) electrons. The second-order valence-corrected chi connectivity index (χ2v) is 2.83. The molecule has 0 aliphatic heterocycles. The Kier molecular flexibility index (Phi) is 3.31. The third-order valence-corrected chi connectivity index (χ3v) is 1.47. The molecule has 1 rings (SSSR count). The fraction of sp³-hybridized carbons (Fsp3) is 0.333. The molecular weight excluding hydrogens is 202 g/mol. The quantitative estimate of drug-likeness (QED) is 0.349. The maximum absolute atomic E-state index is 10.8. The Balaban J connectivity index is 3.19. The number of nitrogens with one attached hydrogen (secondary N) is 2. The first-order valence-corrected chi connectivity index (χ1v) is 3.96. The van der Waals surface area contributed by atoms with E-state index in [1.54, 1.807) is 14.1 Å². The van der Waals surface area contributed by atoms with Gasteiger partial charge in [-0.05, 0) is 0 Å². The van der Waals surface area contributed by atoms with Crippen LogP contribution in [0.3, 0.4) is 0 Å². The molecule has 0 saturated carbocycles. The molecule has 0 saturated heterocycles. The van der Waals surface area contributed by atoms with Gasteiger partial charge in [-0.3, -0.25) is 15.5 Å². The van der Waals surface area contributed by atoms with Crippen molar-refractivity contribution in [3.05, 3.63) is 16.4 Å². The number of rotatable bonds is 4. The number of nitrogens with two attached hydrogens (primary N) is 1. The highest BCUT2D eigenvalue weighted by atomic mass is 16.6. The monoisotopic (exact) mass is 213 g/mol. The minimum absolute atomic E-state index is 0.0423. The van der Waals surface area contributed by atoms with Gasteiger partial charge in [0.15, 0.2) is 0 Å². The predicted molar refractivity (Wildman–Crippen MR) is 53.8 cm³/mol. The average Bonchev–Trinajstić information content (AvgIpc) is 2.15. The molecule has 0 aromatic carbocycles. The molecule has 0 fully saturated rings. The van der Waals surface area contributed by atoms with Crippen molar-refractivity contribution in [1.82, 2.24) is 15.0 Å². The van der Waals surface area contributed by atoms with Crippen LogP contribution in [0, 0.1) is 10.1 Å². The van der Waals surface area contributed by atoms with Crippen molar-refractivity contribution >= 4 is 17.3 Å². The highest BCUT2D eigenvalue weighted by molar-refractivity contribution is 5.68. The van der Waals surface area contributed by atoms with Crippen molar-refractivity contribution in [2.24, 2.45) is 5.84 Å². The highest BCUT2D eigenvalue weighted by Crippen LogP contribution is 2.27. The normalized spacial score (nSPS) is 10.1. The first-order valence-electron chi connectivity index (χ1n) is 3.96. The summed E-state index contributed by atoms with van der Waals surface area (Å²) >= 11 is 0. The number of nitro groups is 1. The predicted octanol–water partition coefficient (Wildman–Crippen LogP) is -0.441. The van der Waals surface area contributed by atoms with Crippen LogP contribution in [0.5, 0.6) is 0 Å². The van der Waals surface area contributed by atoms with Crippen LogP contribution in [0.2, 0.25) is 0 Å². The van der Waals surface area contributed by atoms with Crippen LogP contribution >= 0.6 is 0 Å². The van der Waals surface area contributed by atoms with E-state index in [1.807, 2.05) is 0 Å². The number of aromatic nitrogens is 2. The lowest BCUT2D eigenvalue weighted by atomic mass is 10.4. The van der Waals surface area contributed by atoms with Gasteiger partial charge in [-0.1, -0.05) is 0 Å². The Hall–Kier alpha value is -2.00. The van der Waals surface area contributed by atoms with E-state index in [-0.39, 0.29) is 17.3 Å². The molecule has 0 bridgehead atoms. The molecule has 4 N–H and O–H groups in total. The highest BCUT2D eigenvalue weighted by Gasteiger charge is 2.22. The summed E-state index contributed by atoms with van der Waals surface area (Å²) in [6.45, 7) is 0. The van der Waals surface area contributed by atoms with Gasteiger partial charge in [-0.15, -0.1) is 0 Å². The first kappa shape index (κ1) is 11.1. The van der Waals surface area contributed by atoms with Crippen LogP contribution in [0.1, 0.15) is 0 Å². The molecule has 9 nitrogen and oxygen atoms in total. The van der Waals surface area contributed by atoms with Gasteiger partial charge in [0, 0.05) is 14.1 Å². The van der Waals surface area contributed by atoms with Crippen LogP contribution in [0.15, 0.2) is 6.33 Å². The number of nitrogens with zero attached hydrogens (tertiary/aromatic N) is 4. The Bertz CT molecular complexity index is 366. The first-order chi connectivity index (χ1) is 7.06. The van der Waals surface area contributed by atoms with E-state index in [1.165, 1.54) is 11.3 Å². The topological polar surface area (TPSA) is 122 Å². The Labute approximate surface area is 85.4 Å². The van der Waals surface area contributed by atoms with E-state index < -0.39 is 4.92 Å². The third-order valence-electron chi connectivity index (χ3n) is 1.47. The average molecular weight is 213 g/mol. The second kappa shape index (κ2) is 4.48. The Morgan fingerprint density at radius 2 is 2.07 bits per heavy atom. The lowest BCUT2D eigenvalue weighted by molar-refractivity contribution is -0.383. The summed E-state index contributed by atoms with van der Waals surface area (Å²) in [6, 6.07) is 0. The molecule has 0 amide bonds. The lowest BCUT2D eigenvalue weighted by Crippen LogP contribution is -2.22. The molecular formula is C6H11N7O2.